The van der Waals surface area contributed by atoms with Crippen molar-refractivity contribution in [3.8, 4) is 11.4 Å². The molecule has 0 atom stereocenters. The van der Waals surface area contributed by atoms with Gasteiger partial charge < -0.3 is 19.5 Å². The Labute approximate surface area is 192 Å². The van der Waals surface area contributed by atoms with Crippen molar-refractivity contribution >= 4 is 17.5 Å². The van der Waals surface area contributed by atoms with Crippen LogP contribution in [0.3, 0.4) is 0 Å². The number of aromatic nitrogens is 2. The van der Waals surface area contributed by atoms with Crippen molar-refractivity contribution in [1.29, 1.82) is 0 Å². The zero-order valence-electron chi connectivity index (χ0n) is 18.8. The fourth-order valence-electron chi connectivity index (χ4n) is 3.76. The molecule has 0 spiro atoms. The van der Waals surface area contributed by atoms with E-state index in [1.54, 1.807) is 31.4 Å². The van der Waals surface area contributed by atoms with Gasteiger partial charge in [0.25, 0.3) is 11.8 Å². The number of anilines is 1. The van der Waals surface area contributed by atoms with Crippen LogP contribution in [0.25, 0.3) is 11.4 Å². The summed E-state index contributed by atoms with van der Waals surface area (Å²) in [4.78, 5) is 32.5. The minimum atomic E-state index is -0.133. The van der Waals surface area contributed by atoms with Crippen molar-refractivity contribution in [3.63, 3.8) is 0 Å². The first-order chi connectivity index (χ1) is 16.0. The van der Waals surface area contributed by atoms with Gasteiger partial charge in [-0.15, -0.1) is 0 Å². The average molecular weight is 450 g/mol. The molecule has 1 aliphatic rings. The Morgan fingerprint density at radius 2 is 1.73 bits per heavy atom. The molecule has 172 valence electrons. The molecule has 3 aromatic rings. The zero-order valence-corrected chi connectivity index (χ0v) is 18.8. The van der Waals surface area contributed by atoms with E-state index in [0.29, 0.717) is 42.7 Å². The highest BCUT2D eigenvalue weighted by atomic mass is 16.5. The normalized spacial score (nSPS) is 14.3. The van der Waals surface area contributed by atoms with Crippen LogP contribution in [0.5, 0.6) is 0 Å². The highest BCUT2D eigenvalue weighted by Gasteiger charge is 2.22. The summed E-state index contributed by atoms with van der Waals surface area (Å²) in [6, 6.07) is 15.1. The molecule has 9 heteroatoms. The van der Waals surface area contributed by atoms with Crippen molar-refractivity contribution in [1.82, 2.24) is 19.9 Å². The Bertz CT molecular complexity index is 1090. The Kier molecular flexibility index (Phi) is 7.11. The second-order valence-electron chi connectivity index (χ2n) is 7.97. The van der Waals surface area contributed by atoms with Crippen LogP contribution in [0, 0.1) is 0 Å². The Balaban J connectivity index is 1.28. The first-order valence-electron chi connectivity index (χ1n) is 10.8. The highest BCUT2D eigenvalue weighted by Crippen LogP contribution is 2.19. The van der Waals surface area contributed by atoms with Gasteiger partial charge in [0.15, 0.2) is 0 Å². The number of nitrogens with one attached hydrogen (secondary N) is 1. The minimum Gasteiger partial charge on any atom is -0.375 e. The Morgan fingerprint density at radius 1 is 1.03 bits per heavy atom. The molecule has 1 N–H and O–H groups in total. The number of ether oxygens (including phenoxy) is 1. The number of nitrogens with zero attached hydrogens (tertiary/aromatic N) is 4. The molecular weight excluding hydrogens is 422 g/mol. The van der Waals surface area contributed by atoms with E-state index in [1.807, 2.05) is 17.0 Å². The Morgan fingerprint density at radius 3 is 2.36 bits per heavy atom. The topological polar surface area (TPSA) is 101 Å². The van der Waals surface area contributed by atoms with Gasteiger partial charge in [0.1, 0.15) is 6.61 Å². The highest BCUT2D eigenvalue weighted by molar-refractivity contribution is 5.95. The number of piperazine rings is 1. The molecule has 33 heavy (non-hydrogen) atoms. The molecule has 0 radical (unpaired) electrons. The molecule has 2 amide bonds. The van der Waals surface area contributed by atoms with E-state index in [-0.39, 0.29) is 11.8 Å². The van der Waals surface area contributed by atoms with E-state index >= 15 is 0 Å². The lowest BCUT2D eigenvalue weighted by molar-refractivity contribution is -0.114. The maximum Gasteiger partial charge on any atom is 0.253 e. The van der Waals surface area contributed by atoms with Gasteiger partial charge in [-0.05, 0) is 29.8 Å². The number of carbonyl (C=O) groups excluding carboxylic acids is 2. The lowest BCUT2D eigenvalue weighted by atomic mass is 10.1. The third kappa shape index (κ3) is 5.82. The van der Waals surface area contributed by atoms with Gasteiger partial charge in [-0.2, -0.15) is 4.98 Å². The third-order valence-electron chi connectivity index (χ3n) is 5.47. The van der Waals surface area contributed by atoms with Crippen LogP contribution in [-0.4, -0.2) is 65.0 Å². The van der Waals surface area contributed by atoms with Crippen LogP contribution in [-0.2, 0) is 22.7 Å². The summed E-state index contributed by atoms with van der Waals surface area (Å²) in [5.74, 6) is 0.880. The molecule has 2 aromatic carbocycles. The van der Waals surface area contributed by atoms with E-state index in [9.17, 15) is 9.59 Å². The summed E-state index contributed by atoms with van der Waals surface area (Å²) in [6.07, 6.45) is 0. The van der Waals surface area contributed by atoms with E-state index in [0.717, 1.165) is 25.2 Å². The number of hydrogen-bond acceptors (Lipinski definition) is 7. The van der Waals surface area contributed by atoms with Gasteiger partial charge in [-0.25, -0.2) is 0 Å². The van der Waals surface area contributed by atoms with Crippen molar-refractivity contribution in [2.45, 2.75) is 20.1 Å². The van der Waals surface area contributed by atoms with E-state index < -0.39 is 0 Å². The fraction of sp³-hybridized carbons (Fsp3) is 0.333. The molecule has 4 rings (SSSR count). The predicted octanol–water partition coefficient (Wildman–Crippen LogP) is 2.80. The van der Waals surface area contributed by atoms with Crippen LogP contribution in [0.2, 0.25) is 0 Å². The van der Waals surface area contributed by atoms with Crippen molar-refractivity contribution in [2.24, 2.45) is 0 Å². The molecule has 1 aromatic heterocycles. The second-order valence-corrected chi connectivity index (χ2v) is 7.97. The van der Waals surface area contributed by atoms with Crippen LogP contribution < -0.4 is 5.32 Å². The minimum absolute atomic E-state index is 0.0151. The number of benzene rings is 2. The molecule has 0 saturated carbocycles. The number of carbonyl (C=O) groups is 2. The van der Waals surface area contributed by atoms with Crippen LogP contribution >= 0.6 is 0 Å². The van der Waals surface area contributed by atoms with E-state index in [1.165, 1.54) is 12.5 Å². The molecule has 0 unspecified atom stereocenters. The van der Waals surface area contributed by atoms with Crippen molar-refractivity contribution in [3.05, 3.63) is 65.5 Å². The van der Waals surface area contributed by atoms with Gasteiger partial charge >= 0.3 is 0 Å². The summed E-state index contributed by atoms with van der Waals surface area (Å²) < 4.78 is 10.2. The average Bonchev–Trinajstić information content (AvgIpc) is 3.29. The summed E-state index contributed by atoms with van der Waals surface area (Å²) in [7, 11) is 1.58. The molecular formula is C24H27N5O4. The van der Waals surface area contributed by atoms with Crippen LogP contribution in [0.15, 0.2) is 53.1 Å². The van der Waals surface area contributed by atoms with E-state index in [2.05, 4.69) is 32.5 Å². The number of methoxy groups -OCH3 is 1. The number of hydrogen-bond donors (Lipinski definition) is 1. The molecule has 2 heterocycles. The van der Waals surface area contributed by atoms with Gasteiger partial charge in [-0.3, -0.25) is 14.5 Å². The number of amides is 2. The summed E-state index contributed by atoms with van der Waals surface area (Å²) in [6.45, 7) is 5.53. The second kappa shape index (κ2) is 10.4. The standard InChI is InChI=1S/C24H27N5O4/c1-17(30)25-21-9-7-20(8-10-21)24(31)29-13-11-28(12-14-29)15-18-3-5-19(6-4-18)23-26-22(16-32-2)33-27-23/h3-10H,11-16H2,1-2H3,(H,25,30). The molecule has 1 aliphatic heterocycles. The molecule has 0 bridgehead atoms. The quantitative estimate of drug-likeness (QED) is 0.592. The molecule has 1 fully saturated rings. The monoisotopic (exact) mass is 449 g/mol. The maximum atomic E-state index is 12.8. The van der Waals surface area contributed by atoms with Crippen LogP contribution in [0.4, 0.5) is 5.69 Å². The van der Waals surface area contributed by atoms with Gasteiger partial charge in [-0.1, -0.05) is 29.4 Å². The first kappa shape index (κ1) is 22.6. The summed E-state index contributed by atoms with van der Waals surface area (Å²) >= 11 is 0. The SMILES string of the molecule is COCc1nc(-c2ccc(CN3CCN(C(=O)c4ccc(NC(C)=O)cc4)CC3)cc2)no1. The smallest absolute Gasteiger partial charge is 0.253 e. The van der Waals surface area contributed by atoms with Gasteiger partial charge in [0.2, 0.25) is 11.7 Å². The Hall–Kier alpha value is -3.56. The largest absolute Gasteiger partial charge is 0.375 e. The van der Waals surface area contributed by atoms with Gasteiger partial charge in [0, 0.05) is 63.6 Å². The molecule has 9 nitrogen and oxygen atoms in total. The first-order valence-corrected chi connectivity index (χ1v) is 10.8. The molecule has 0 aliphatic carbocycles. The summed E-state index contributed by atoms with van der Waals surface area (Å²) in [5, 5.41) is 6.70. The fourth-order valence-corrected chi connectivity index (χ4v) is 3.76. The van der Waals surface area contributed by atoms with Crippen LogP contribution in [0.1, 0.15) is 28.7 Å². The zero-order chi connectivity index (χ0) is 23.2. The third-order valence-corrected chi connectivity index (χ3v) is 5.47. The molecule has 1 saturated heterocycles. The maximum absolute atomic E-state index is 12.8. The van der Waals surface area contributed by atoms with E-state index in [4.69, 9.17) is 9.26 Å². The van der Waals surface area contributed by atoms with Crippen molar-refractivity contribution < 1.29 is 18.8 Å². The van der Waals surface area contributed by atoms with Crippen molar-refractivity contribution in [2.75, 3.05) is 38.6 Å². The lowest BCUT2D eigenvalue weighted by Crippen LogP contribution is -2.48. The predicted molar refractivity (Wildman–Crippen MR) is 122 cm³/mol. The lowest BCUT2D eigenvalue weighted by Gasteiger charge is -2.34. The van der Waals surface area contributed by atoms with Gasteiger partial charge in [0.05, 0.1) is 0 Å². The summed E-state index contributed by atoms with van der Waals surface area (Å²) in [5.41, 5.74) is 3.39. The number of rotatable bonds is 7.